The lowest BCUT2D eigenvalue weighted by molar-refractivity contribution is -0.488. The van der Waals surface area contributed by atoms with Crippen molar-refractivity contribution in [1.29, 1.82) is 0 Å². The van der Waals surface area contributed by atoms with E-state index in [0.29, 0.717) is 6.04 Å². The van der Waals surface area contributed by atoms with Gasteiger partial charge in [-0.3, -0.25) is 0 Å². The maximum Gasteiger partial charge on any atom is 0.131 e. The standard InChI is InChI=1S/C3H10N2.2ClH/c1-3(5)2-4;;/h3H,2,4-5H2,1H3;2*1H. The summed E-state index contributed by atoms with van der Waals surface area (Å²) in [6, 6.07) is 0.523. The highest BCUT2D eigenvalue weighted by atomic mass is 35.5. The average Bonchev–Trinajstić information content (AvgIpc) is 1.38. The third-order valence-corrected chi connectivity index (χ3v) is 0.493. The van der Waals surface area contributed by atoms with E-state index in [9.17, 15) is 0 Å². The first-order chi connectivity index (χ1) is 2.27. The van der Waals surface area contributed by atoms with Gasteiger partial charge in [0.25, 0.3) is 0 Å². The molecule has 4 heteroatoms. The zero-order valence-electron chi connectivity index (χ0n) is 4.45. The highest BCUT2D eigenvalue weighted by Gasteiger charge is 1.88. The highest BCUT2D eigenvalue weighted by molar-refractivity contribution is 4.29. The molecule has 48 valence electrons. The monoisotopic (exact) mass is 146 g/mol. The summed E-state index contributed by atoms with van der Waals surface area (Å²) in [5.74, 6) is 0. The van der Waals surface area contributed by atoms with Gasteiger partial charge in [-0.2, -0.15) is 0 Å². The van der Waals surface area contributed by atoms with Crippen LogP contribution < -0.4 is 36.3 Å². The van der Waals surface area contributed by atoms with E-state index in [2.05, 4.69) is 11.5 Å². The van der Waals surface area contributed by atoms with Crippen molar-refractivity contribution in [3.8, 4) is 0 Å². The van der Waals surface area contributed by atoms with E-state index in [1.807, 2.05) is 6.92 Å². The van der Waals surface area contributed by atoms with E-state index in [0.717, 1.165) is 6.54 Å². The van der Waals surface area contributed by atoms with Gasteiger partial charge in [-0.1, -0.05) is 0 Å². The Morgan fingerprint density at radius 1 is 1.43 bits per heavy atom. The minimum absolute atomic E-state index is 0. The first kappa shape index (κ1) is 15.6. The Balaban J connectivity index is -0.0000000800. The van der Waals surface area contributed by atoms with E-state index < -0.39 is 0 Å². The largest absolute Gasteiger partial charge is 1.00 e. The molecule has 6 N–H and O–H groups in total. The van der Waals surface area contributed by atoms with Crippen molar-refractivity contribution in [3.63, 3.8) is 0 Å². The van der Waals surface area contributed by atoms with Crippen LogP contribution in [0.4, 0.5) is 0 Å². The molecule has 1 unspecified atom stereocenters. The van der Waals surface area contributed by atoms with Gasteiger partial charge in [-0.25, -0.2) is 0 Å². The molecule has 0 aliphatic carbocycles. The van der Waals surface area contributed by atoms with Gasteiger partial charge in [0.15, 0.2) is 0 Å². The molecular formula is C3H12Cl2N2. The molecule has 0 aromatic carbocycles. The van der Waals surface area contributed by atoms with E-state index in [1.165, 1.54) is 0 Å². The fourth-order valence-corrected chi connectivity index (χ4v) is 0. The van der Waals surface area contributed by atoms with Crippen molar-refractivity contribution in [2.75, 3.05) is 6.54 Å². The summed E-state index contributed by atoms with van der Waals surface area (Å²) in [5, 5.41) is 0. The lowest BCUT2D eigenvalue weighted by atomic mass is 10.4. The first-order valence-corrected chi connectivity index (χ1v) is 1.89. The van der Waals surface area contributed by atoms with Gasteiger partial charge in [0.05, 0.1) is 0 Å². The molecule has 0 saturated heterocycles. The SMILES string of the molecule is CC([NH3+])C[NH3+].[Cl-].[Cl-]. The molecule has 2 nitrogen and oxygen atoms in total. The second-order valence-corrected chi connectivity index (χ2v) is 1.39. The molecule has 0 aromatic heterocycles. The Kier molecular flexibility index (Phi) is 21.7. The molecule has 0 amide bonds. The van der Waals surface area contributed by atoms with E-state index in [4.69, 9.17) is 0 Å². The molecule has 0 heterocycles. The van der Waals surface area contributed by atoms with Crippen molar-refractivity contribution < 1.29 is 36.3 Å². The van der Waals surface area contributed by atoms with Crippen LogP contribution in [0.5, 0.6) is 0 Å². The van der Waals surface area contributed by atoms with E-state index in [1.54, 1.807) is 0 Å². The van der Waals surface area contributed by atoms with Crippen molar-refractivity contribution in [1.82, 2.24) is 0 Å². The summed E-state index contributed by atoms with van der Waals surface area (Å²) in [7, 11) is 0. The number of halogens is 2. The van der Waals surface area contributed by atoms with Crippen molar-refractivity contribution >= 4 is 0 Å². The second kappa shape index (κ2) is 9.71. The summed E-state index contributed by atoms with van der Waals surface area (Å²) in [5.41, 5.74) is 7.32. The third-order valence-electron chi connectivity index (χ3n) is 0.493. The molecule has 1 atom stereocenters. The zero-order valence-corrected chi connectivity index (χ0v) is 5.97. The maximum atomic E-state index is 3.69. The molecule has 0 rings (SSSR count). The minimum Gasteiger partial charge on any atom is -1.00 e. The molecule has 0 saturated carbocycles. The van der Waals surface area contributed by atoms with Crippen LogP contribution in [-0.4, -0.2) is 12.6 Å². The quantitative estimate of drug-likeness (QED) is 0.370. The number of hydrogen-bond acceptors (Lipinski definition) is 0. The Labute approximate surface area is 56.5 Å². The Morgan fingerprint density at radius 2 is 1.57 bits per heavy atom. The molecule has 0 aliphatic heterocycles. The molecule has 0 bridgehead atoms. The molecule has 0 spiro atoms. The van der Waals surface area contributed by atoms with Crippen LogP contribution in [0.3, 0.4) is 0 Å². The van der Waals surface area contributed by atoms with Crippen LogP contribution in [0.2, 0.25) is 0 Å². The predicted molar refractivity (Wildman–Crippen MR) is 20.1 cm³/mol. The Hall–Kier alpha value is 0.500. The summed E-state index contributed by atoms with van der Waals surface area (Å²) < 4.78 is 0. The van der Waals surface area contributed by atoms with E-state index >= 15 is 0 Å². The lowest BCUT2D eigenvalue weighted by Crippen LogP contribution is -3.00. The van der Waals surface area contributed by atoms with Crippen LogP contribution in [0.1, 0.15) is 6.92 Å². The lowest BCUT2D eigenvalue weighted by Gasteiger charge is -1.85. The van der Waals surface area contributed by atoms with Crippen LogP contribution >= 0.6 is 0 Å². The maximum absolute atomic E-state index is 3.69. The van der Waals surface area contributed by atoms with Crippen molar-refractivity contribution in [3.05, 3.63) is 0 Å². The summed E-state index contributed by atoms with van der Waals surface area (Å²) in [6.45, 7) is 2.99. The van der Waals surface area contributed by atoms with Crippen LogP contribution in [0.15, 0.2) is 0 Å². The molecule has 0 fully saturated rings. The Morgan fingerprint density at radius 3 is 1.57 bits per heavy atom. The minimum atomic E-state index is 0. The van der Waals surface area contributed by atoms with Crippen LogP contribution in [0.25, 0.3) is 0 Å². The molecule has 0 radical (unpaired) electrons. The average molecular weight is 147 g/mol. The van der Waals surface area contributed by atoms with Gasteiger partial charge >= 0.3 is 0 Å². The van der Waals surface area contributed by atoms with Crippen LogP contribution in [-0.2, 0) is 0 Å². The Bertz CT molecular complexity index is 24.9. The number of hydrogen-bond donors (Lipinski definition) is 2. The highest BCUT2D eigenvalue weighted by Crippen LogP contribution is 1.51. The van der Waals surface area contributed by atoms with Gasteiger partial charge in [0, 0.05) is 0 Å². The zero-order chi connectivity index (χ0) is 4.28. The topological polar surface area (TPSA) is 55.3 Å². The first-order valence-electron chi connectivity index (χ1n) is 1.89. The smallest absolute Gasteiger partial charge is 0.131 e. The molecular weight excluding hydrogens is 135 g/mol. The van der Waals surface area contributed by atoms with Gasteiger partial charge in [-0.05, 0) is 6.92 Å². The van der Waals surface area contributed by atoms with Crippen molar-refractivity contribution in [2.45, 2.75) is 13.0 Å². The van der Waals surface area contributed by atoms with Gasteiger partial charge in [0.2, 0.25) is 0 Å². The molecule has 7 heavy (non-hydrogen) atoms. The second-order valence-electron chi connectivity index (χ2n) is 1.39. The number of rotatable bonds is 1. The van der Waals surface area contributed by atoms with Gasteiger partial charge in [-0.15, -0.1) is 0 Å². The van der Waals surface area contributed by atoms with Gasteiger partial charge < -0.3 is 36.3 Å². The summed E-state index contributed by atoms with van der Waals surface area (Å²) >= 11 is 0. The molecule has 0 aromatic rings. The predicted octanol–water partition coefficient (Wildman–Crippen LogP) is -8.13. The third kappa shape index (κ3) is 21.1. The fourth-order valence-electron chi connectivity index (χ4n) is 0. The van der Waals surface area contributed by atoms with E-state index in [-0.39, 0.29) is 24.8 Å². The fraction of sp³-hybridized carbons (Fsp3) is 1.00. The summed E-state index contributed by atoms with van der Waals surface area (Å²) in [6.07, 6.45) is 0. The molecule has 0 aliphatic rings. The van der Waals surface area contributed by atoms with Crippen molar-refractivity contribution in [2.24, 2.45) is 0 Å². The van der Waals surface area contributed by atoms with Gasteiger partial charge in [0.1, 0.15) is 12.6 Å². The number of quaternary nitrogens is 2. The van der Waals surface area contributed by atoms with Crippen LogP contribution in [0, 0.1) is 0 Å². The summed E-state index contributed by atoms with van der Waals surface area (Å²) in [4.78, 5) is 0. The normalized spacial score (nSPS) is 10.7.